The highest BCUT2D eigenvalue weighted by atomic mass is 32.2. The molecule has 1 rings (SSSR count). The molecule has 0 bridgehead atoms. The molecule has 1 aromatic rings. The summed E-state index contributed by atoms with van der Waals surface area (Å²) in [5, 5.41) is 8.69. The number of carboxylic acids is 1. The zero-order chi connectivity index (χ0) is 11.8. The van der Waals surface area contributed by atoms with Gasteiger partial charge in [0.1, 0.15) is 4.90 Å². The number of thiol groups is 1. The minimum atomic E-state index is -4.69. The van der Waals surface area contributed by atoms with Crippen LogP contribution < -0.4 is 5.73 Å². The number of hydrogen-bond donors (Lipinski definition) is 4. The van der Waals surface area contributed by atoms with Gasteiger partial charge in [0.25, 0.3) is 10.1 Å². The Morgan fingerprint density at radius 2 is 1.93 bits per heavy atom. The van der Waals surface area contributed by atoms with Crippen LogP contribution in [0.15, 0.2) is 21.9 Å². The van der Waals surface area contributed by atoms with Gasteiger partial charge in [0, 0.05) is 4.90 Å². The maximum atomic E-state index is 10.9. The third-order valence-corrected chi connectivity index (χ3v) is 3.01. The number of nitrogen functional groups attached to an aromatic ring is 1. The van der Waals surface area contributed by atoms with Crippen molar-refractivity contribution >= 4 is 34.4 Å². The molecule has 0 spiro atoms. The summed E-state index contributed by atoms with van der Waals surface area (Å²) in [6.07, 6.45) is 0. The third-order valence-electron chi connectivity index (χ3n) is 1.66. The van der Waals surface area contributed by atoms with E-state index in [-0.39, 0.29) is 10.6 Å². The van der Waals surface area contributed by atoms with Crippen LogP contribution in [0.2, 0.25) is 0 Å². The van der Waals surface area contributed by atoms with Gasteiger partial charge >= 0.3 is 5.97 Å². The van der Waals surface area contributed by atoms with Crippen LogP contribution in [0.5, 0.6) is 0 Å². The van der Waals surface area contributed by atoms with Crippen LogP contribution in [0, 0.1) is 0 Å². The van der Waals surface area contributed by atoms with Gasteiger partial charge in [0.2, 0.25) is 0 Å². The molecular formula is C7H7NO5S2. The summed E-state index contributed by atoms with van der Waals surface area (Å²) >= 11 is 3.82. The van der Waals surface area contributed by atoms with Crippen molar-refractivity contribution in [2.45, 2.75) is 9.79 Å². The lowest BCUT2D eigenvalue weighted by Gasteiger charge is -2.08. The summed E-state index contributed by atoms with van der Waals surface area (Å²) in [4.78, 5) is 9.92. The first-order valence-electron chi connectivity index (χ1n) is 3.57. The van der Waals surface area contributed by atoms with Crippen LogP contribution >= 0.6 is 12.6 Å². The van der Waals surface area contributed by atoms with Gasteiger partial charge in [-0.25, -0.2) is 4.79 Å². The first-order valence-corrected chi connectivity index (χ1v) is 5.46. The molecule has 6 nitrogen and oxygen atoms in total. The fraction of sp³-hybridized carbons (Fsp3) is 0. The molecule has 0 saturated carbocycles. The molecule has 0 aliphatic rings. The number of nitrogens with two attached hydrogens (primary N) is 1. The van der Waals surface area contributed by atoms with Gasteiger partial charge < -0.3 is 10.8 Å². The van der Waals surface area contributed by atoms with Gasteiger partial charge in [-0.3, -0.25) is 4.55 Å². The fourth-order valence-corrected chi connectivity index (χ4v) is 2.12. The van der Waals surface area contributed by atoms with Gasteiger partial charge in [-0.2, -0.15) is 8.42 Å². The number of rotatable bonds is 2. The maximum Gasteiger partial charge on any atom is 0.337 e. The topological polar surface area (TPSA) is 118 Å². The Hall–Kier alpha value is -1.25. The summed E-state index contributed by atoms with van der Waals surface area (Å²) in [5.41, 5.74) is 4.35. The van der Waals surface area contributed by atoms with E-state index in [9.17, 15) is 13.2 Å². The number of hydrogen-bond acceptors (Lipinski definition) is 5. The molecule has 82 valence electrons. The molecular weight excluding hydrogens is 242 g/mol. The molecule has 0 aliphatic carbocycles. The lowest BCUT2D eigenvalue weighted by molar-refractivity contribution is 0.0692. The number of anilines is 1. The van der Waals surface area contributed by atoms with Crippen molar-refractivity contribution in [3.8, 4) is 0 Å². The second-order valence-electron chi connectivity index (χ2n) is 2.66. The van der Waals surface area contributed by atoms with Crippen LogP contribution in [0.25, 0.3) is 0 Å². The first-order chi connectivity index (χ1) is 6.75. The molecule has 0 atom stereocenters. The SMILES string of the molecule is Nc1c(S)ccc(C(=O)O)c1S(=O)(=O)O. The van der Waals surface area contributed by atoms with E-state index < -0.39 is 26.5 Å². The van der Waals surface area contributed by atoms with Gasteiger partial charge in [-0.05, 0) is 12.1 Å². The van der Waals surface area contributed by atoms with Crippen LogP contribution in [0.1, 0.15) is 10.4 Å². The monoisotopic (exact) mass is 249 g/mol. The summed E-state index contributed by atoms with van der Waals surface area (Å²) in [7, 11) is -4.69. The van der Waals surface area contributed by atoms with E-state index in [2.05, 4.69) is 12.6 Å². The van der Waals surface area contributed by atoms with Crippen molar-refractivity contribution in [3.63, 3.8) is 0 Å². The van der Waals surface area contributed by atoms with Gasteiger partial charge in [-0.15, -0.1) is 12.6 Å². The molecule has 8 heteroatoms. The Labute approximate surface area is 90.9 Å². The van der Waals surface area contributed by atoms with Gasteiger partial charge in [-0.1, -0.05) is 0 Å². The van der Waals surface area contributed by atoms with Crippen LogP contribution in [0.3, 0.4) is 0 Å². The van der Waals surface area contributed by atoms with E-state index in [0.29, 0.717) is 0 Å². The van der Waals surface area contributed by atoms with Gasteiger partial charge in [0.15, 0.2) is 0 Å². The van der Waals surface area contributed by atoms with Crippen molar-refractivity contribution in [2.24, 2.45) is 0 Å². The Bertz CT molecular complexity index is 522. The predicted octanol–water partition coefficient (Wildman–Crippen LogP) is 0.502. The van der Waals surface area contributed by atoms with Gasteiger partial charge in [0.05, 0.1) is 11.3 Å². The molecule has 1 aromatic carbocycles. The van der Waals surface area contributed by atoms with E-state index >= 15 is 0 Å². The first kappa shape index (κ1) is 11.8. The molecule has 0 aliphatic heterocycles. The van der Waals surface area contributed by atoms with Crippen LogP contribution in [-0.2, 0) is 10.1 Å². The number of carboxylic acid groups (broad SMARTS) is 1. The average molecular weight is 249 g/mol. The number of benzene rings is 1. The highest BCUT2D eigenvalue weighted by molar-refractivity contribution is 7.86. The number of aromatic carboxylic acids is 1. The largest absolute Gasteiger partial charge is 0.478 e. The zero-order valence-corrected chi connectivity index (χ0v) is 8.92. The second kappa shape index (κ2) is 3.72. The highest BCUT2D eigenvalue weighted by Gasteiger charge is 2.24. The van der Waals surface area contributed by atoms with Crippen molar-refractivity contribution in [2.75, 3.05) is 5.73 Å². The summed E-state index contributed by atoms with van der Waals surface area (Å²) < 4.78 is 30.6. The fourth-order valence-electron chi connectivity index (χ4n) is 1.04. The van der Waals surface area contributed by atoms with Crippen molar-refractivity contribution in [1.29, 1.82) is 0 Å². The Morgan fingerprint density at radius 1 is 1.40 bits per heavy atom. The highest BCUT2D eigenvalue weighted by Crippen LogP contribution is 2.28. The van der Waals surface area contributed by atoms with Crippen molar-refractivity contribution in [3.05, 3.63) is 17.7 Å². The predicted molar refractivity (Wildman–Crippen MR) is 54.9 cm³/mol. The molecule has 15 heavy (non-hydrogen) atoms. The average Bonchev–Trinajstić information content (AvgIpc) is 2.06. The summed E-state index contributed by atoms with van der Waals surface area (Å²) in [6.45, 7) is 0. The minimum Gasteiger partial charge on any atom is -0.478 e. The third kappa shape index (κ3) is 2.22. The summed E-state index contributed by atoms with van der Waals surface area (Å²) in [5.74, 6) is -1.50. The van der Waals surface area contributed by atoms with Crippen molar-refractivity contribution < 1.29 is 22.9 Å². The number of carbonyl (C=O) groups is 1. The lowest BCUT2D eigenvalue weighted by Crippen LogP contribution is -2.11. The summed E-state index contributed by atoms with van der Waals surface area (Å²) in [6, 6.07) is 2.24. The molecule has 0 aromatic heterocycles. The molecule has 0 heterocycles. The van der Waals surface area contributed by atoms with E-state index in [1.807, 2.05) is 0 Å². The smallest absolute Gasteiger partial charge is 0.337 e. The van der Waals surface area contributed by atoms with E-state index in [4.69, 9.17) is 15.4 Å². The van der Waals surface area contributed by atoms with E-state index in [0.717, 1.165) is 6.07 Å². The normalized spacial score (nSPS) is 11.3. The maximum absolute atomic E-state index is 10.9. The molecule has 0 radical (unpaired) electrons. The molecule has 4 N–H and O–H groups in total. The molecule has 0 fully saturated rings. The lowest BCUT2D eigenvalue weighted by atomic mass is 10.2. The zero-order valence-electron chi connectivity index (χ0n) is 7.21. The Balaban J connectivity index is 3.72. The molecule has 0 unspecified atom stereocenters. The quantitative estimate of drug-likeness (QED) is 0.344. The van der Waals surface area contributed by atoms with E-state index in [1.165, 1.54) is 6.07 Å². The minimum absolute atomic E-state index is 0.0765. The molecule has 0 amide bonds. The standard InChI is InChI=1S/C7H7NO5S2/c8-5-4(14)2-1-3(7(9)10)6(5)15(11,12)13/h1-2,14H,8H2,(H,9,10)(H,11,12,13). The Morgan fingerprint density at radius 3 is 2.33 bits per heavy atom. The van der Waals surface area contributed by atoms with Crippen LogP contribution in [0.4, 0.5) is 5.69 Å². The van der Waals surface area contributed by atoms with Crippen molar-refractivity contribution in [1.82, 2.24) is 0 Å². The second-order valence-corrected chi connectivity index (χ2v) is 4.50. The molecule has 0 saturated heterocycles. The Kier molecular flexibility index (Phi) is 2.93. The van der Waals surface area contributed by atoms with Crippen LogP contribution in [-0.4, -0.2) is 24.0 Å². The van der Waals surface area contributed by atoms with E-state index in [1.54, 1.807) is 0 Å².